The highest BCUT2D eigenvalue weighted by molar-refractivity contribution is 9.10. The predicted molar refractivity (Wildman–Crippen MR) is 48.2 cm³/mol. The van der Waals surface area contributed by atoms with E-state index in [4.69, 9.17) is 0 Å². The third-order valence-corrected chi connectivity index (χ3v) is 3.04. The predicted octanol–water partition coefficient (Wildman–Crippen LogP) is 2.69. The fourth-order valence-corrected chi connectivity index (χ4v) is 2.26. The van der Waals surface area contributed by atoms with Gasteiger partial charge in [0.2, 0.25) is 0 Å². The summed E-state index contributed by atoms with van der Waals surface area (Å²) in [4.78, 5) is 20.2. The molecule has 1 rings (SSSR count). The molecule has 0 aliphatic carbocycles. The Morgan fingerprint density at radius 1 is 1.75 bits per heavy atom. The summed E-state index contributed by atoms with van der Waals surface area (Å²) >= 11 is 3.97. The van der Waals surface area contributed by atoms with Gasteiger partial charge >= 0.3 is 5.00 Å². The van der Waals surface area contributed by atoms with Crippen molar-refractivity contribution in [2.75, 3.05) is 0 Å². The van der Waals surface area contributed by atoms with Crippen molar-refractivity contribution in [1.29, 1.82) is 0 Å². The van der Waals surface area contributed by atoms with Gasteiger partial charge in [0, 0.05) is 4.88 Å². The van der Waals surface area contributed by atoms with Crippen molar-refractivity contribution in [2.45, 2.75) is 6.54 Å². The van der Waals surface area contributed by atoms with Gasteiger partial charge in [0.1, 0.15) is 11.0 Å². The largest absolute Gasteiger partial charge is 0.338 e. The van der Waals surface area contributed by atoms with Crippen LogP contribution in [0.3, 0.4) is 0 Å². The first kappa shape index (κ1) is 9.27. The van der Waals surface area contributed by atoms with Crippen LogP contribution in [0.4, 0.5) is 5.00 Å². The summed E-state index contributed by atoms with van der Waals surface area (Å²) in [5.74, 6) is 0. The minimum atomic E-state index is -0.497. The lowest BCUT2D eigenvalue weighted by atomic mass is 10.5. The molecular weight excluding hydrogens is 248 g/mol. The average Bonchev–Trinajstić information content (AvgIpc) is 2.32. The van der Waals surface area contributed by atoms with Crippen molar-refractivity contribution in [3.05, 3.63) is 30.4 Å². The van der Waals surface area contributed by atoms with Crippen LogP contribution in [0.25, 0.3) is 0 Å². The molecule has 0 unspecified atom stereocenters. The van der Waals surface area contributed by atoms with Crippen LogP contribution < -0.4 is 0 Å². The number of nitro groups is 1. The molecule has 0 saturated carbocycles. The van der Waals surface area contributed by atoms with Crippen molar-refractivity contribution in [2.24, 2.45) is 5.18 Å². The van der Waals surface area contributed by atoms with Crippen LogP contribution >= 0.6 is 27.3 Å². The molecule has 64 valence electrons. The second kappa shape index (κ2) is 3.72. The lowest BCUT2D eigenvalue weighted by Crippen LogP contribution is -1.82. The van der Waals surface area contributed by atoms with Gasteiger partial charge in [0.25, 0.3) is 0 Å². The molecule has 12 heavy (non-hydrogen) atoms. The highest BCUT2D eigenvalue weighted by atomic mass is 79.9. The summed E-state index contributed by atoms with van der Waals surface area (Å²) in [7, 11) is 0. The van der Waals surface area contributed by atoms with Gasteiger partial charge in [-0.15, -0.1) is 0 Å². The maximum atomic E-state index is 10.3. The molecule has 0 N–H and O–H groups in total. The molecule has 5 nitrogen and oxygen atoms in total. The molecule has 1 aromatic heterocycles. The average molecular weight is 251 g/mol. The van der Waals surface area contributed by atoms with Crippen LogP contribution in [0.2, 0.25) is 0 Å². The van der Waals surface area contributed by atoms with E-state index < -0.39 is 4.92 Å². The molecule has 0 aliphatic rings. The first-order valence-electron chi connectivity index (χ1n) is 2.87. The molecule has 0 fully saturated rings. The second-order valence-corrected chi connectivity index (χ2v) is 3.88. The Bertz CT molecular complexity index is 324. The van der Waals surface area contributed by atoms with Gasteiger partial charge in [-0.1, -0.05) is 16.5 Å². The van der Waals surface area contributed by atoms with E-state index in [1.807, 2.05) is 0 Å². The number of nitrogens with zero attached hydrogens (tertiary/aromatic N) is 2. The van der Waals surface area contributed by atoms with Crippen molar-refractivity contribution in [3.63, 3.8) is 0 Å². The summed E-state index contributed by atoms with van der Waals surface area (Å²) in [5.41, 5.74) is 0. The summed E-state index contributed by atoms with van der Waals surface area (Å²) < 4.78 is 0.399. The van der Waals surface area contributed by atoms with Gasteiger partial charge in [-0.25, -0.2) is 0 Å². The molecule has 0 bridgehead atoms. The van der Waals surface area contributed by atoms with Crippen molar-refractivity contribution < 1.29 is 4.92 Å². The second-order valence-electron chi connectivity index (χ2n) is 1.91. The molecule has 0 atom stereocenters. The van der Waals surface area contributed by atoms with Gasteiger partial charge in [-0.05, 0) is 22.0 Å². The summed E-state index contributed by atoms with van der Waals surface area (Å²) in [5, 5.41) is 13.0. The van der Waals surface area contributed by atoms with Gasteiger partial charge in [-0.2, -0.15) is 4.91 Å². The molecule has 1 aromatic rings. The fraction of sp³-hybridized carbons (Fsp3) is 0.200. The highest BCUT2D eigenvalue weighted by Gasteiger charge is 2.16. The summed E-state index contributed by atoms with van der Waals surface area (Å²) in [6.07, 6.45) is 0. The molecular formula is C5H3BrN2O3S. The Kier molecular flexibility index (Phi) is 2.88. The molecule has 0 aliphatic heterocycles. The van der Waals surface area contributed by atoms with Gasteiger partial charge in [0.05, 0.1) is 4.92 Å². The van der Waals surface area contributed by atoms with E-state index in [0.29, 0.717) is 9.35 Å². The van der Waals surface area contributed by atoms with E-state index in [2.05, 4.69) is 21.1 Å². The Balaban J connectivity index is 2.99. The molecule has 7 heteroatoms. The fourth-order valence-electron chi connectivity index (χ4n) is 0.671. The maximum absolute atomic E-state index is 10.3. The number of nitroso groups, excluding NO2 is 1. The van der Waals surface area contributed by atoms with Crippen LogP contribution in [0, 0.1) is 15.0 Å². The maximum Gasteiger partial charge on any atom is 0.338 e. The number of hydrogen-bond donors (Lipinski definition) is 0. The third-order valence-electron chi connectivity index (χ3n) is 1.11. The normalized spacial score (nSPS) is 9.75. The monoisotopic (exact) mass is 250 g/mol. The first-order chi connectivity index (χ1) is 5.65. The SMILES string of the molecule is O=NCc1cc(Br)c([N+](=O)[O-])s1. The molecule has 0 spiro atoms. The summed E-state index contributed by atoms with van der Waals surface area (Å²) in [6.45, 7) is -0.0168. The van der Waals surface area contributed by atoms with Crippen LogP contribution in [0.1, 0.15) is 4.88 Å². The number of thiophene rings is 1. The van der Waals surface area contributed by atoms with Crippen LogP contribution in [-0.2, 0) is 6.54 Å². The van der Waals surface area contributed by atoms with E-state index >= 15 is 0 Å². The van der Waals surface area contributed by atoms with Crippen LogP contribution in [0.15, 0.2) is 15.7 Å². The Morgan fingerprint density at radius 2 is 2.42 bits per heavy atom. The lowest BCUT2D eigenvalue weighted by Gasteiger charge is -1.82. The topological polar surface area (TPSA) is 72.6 Å². The highest BCUT2D eigenvalue weighted by Crippen LogP contribution is 2.34. The van der Waals surface area contributed by atoms with E-state index in [1.54, 1.807) is 0 Å². The van der Waals surface area contributed by atoms with E-state index in [0.717, 1.165) is 11.3 Å². The van der Waals surface area contributed by atoms with Crippen LogP contribution in [0.5, 0.6) is 0 Å². The quantitative estimate of drug-likeness (QED) is 0.471. The van der Waals surface area contributed by atoms with Crippen molar-refractivity contribution in [3.8, 4) is 0 Å². The van der Waals surface area contributed by atoms with Gasteiger partial charge in [-0.3, -0.25) is 10.1 Å². The van der Waals surface area contributed by atoms with Crippen LogP contribution in [-0.4, -0.2) is 4.92 Å². The van der Waals surface area contributed by atoms with E-state index in [1.165, 1.54) is 6.07 Å². The molecule has 0 aromatic carbocycles. The first-order valence-corrected chi connectivity index (χ1v) is 4.48. The minimum absolute atomic E-state index is 0.00801. The lowest BCUT2D eigenvalue weighted by molar-refractivity contribution is -0.380. The van der Waals surface area contributed by atoms with Crippen molar-refractivity contribution >= 4 is 32.3 Å². The molecule has 0 saturated heterocycles. The van der Waals surface area contributed by atoms with Gasteiger partial charge in [0.15, 0.2) is 0 Å². The standard InChI is InChI=1S/C5H3BrN2O3S/c6-4-1-3(2-7-9)12-5(4)8(10)11/h1H,2H2. The Labute approximate surface area is 79.7 Å². The molecule has 0 amide bonds. The Hall–Kier alpha value is -0.820. The van der Waals surface area contributed by atoms with Gasteiger partial charge < -0.3 is 0 Å². The molecule has 0 radical (unpaired) electrons. The zero-order chi connectivity index (χ0) is 9.14. The number of rotatable bonds is 3. The molecule has 1 heterocycles. The zero-order valence-corrected chi connectivity index (χ0v) is 8.09. The Morgan fingerprint density at radius 3 is 2.83 bits per heavy atom. The minimum Gasteiger partial charge on any atom is -0.258 e. The number of halogens is 1. The van der Waals surface area contributed by atoms with Crippen molar-refractivity contribution in [1.82, 2.24) is 0 Å². The zero-order valence-electron chi connectivity index (χ0n) is 5.69. The van der Waals surface area contributed by atoms with E-state index in [9.17, 15) is 15.0 Å². The van der Waals surface area contributed by atoms with E-state index in [-0.39, 0.29) is 11.5 Å². The number of hydrogen-bond acceptors (Lipinski definition) is 5. The summed E-state index contributed by atoms with van der Waals surface area (Å²) in [6, 6.07) is 1.53. The third kappa shape index (κ3) is 1.86. The smallest absolute Gasteiger partial charge is 0.258 e.